The van der Waals surface area contributed by atoms with Crippen molar-refractivity contribution >= 4 is 0 Å². The lowest BCUT2D eigenvalue weighted by Crippen LogP contribution is -2.19. The van der Waals surface area contributed by atoms with Crippen molar-refractivity contribution in [1.82, 2.24) is 15.0 Å². The van der Waals surface area contributed by atoms with Gasteiger partial charge in [-0.1, -0.05) is 0 Å². The summed E-state index contributed by atoms with van der Waals surface area (Å²) in [6.07, 6.45) is 8.65. The molecule has 2 heterocycles. The maximum absolute atomic E-state index is 6.08. The van der Waals surface area contributed by atoms with Gasteiger partial charge in [0.1, 0.15) is 0 Å². The summed E-state index contributed by atoms with van der Waals surface area (Å²) in [4.78, 5) is 13.2. The Labute approximate surface area is 106 Å². The van der Waals surface area contributed by atoms with Gasteiger partial charge in [0.2, 0.25) is 0 Å². The minimum Gasteiger partial charge on any atom is -0.324 e. The second-order valence-corrected chi connectivity index (χ2v) is 4.78. The van der Waals surface area contributed by atoms with Crippen molar-refractivity contribution in [3.8, 4) is 11.4 Å². The zero-order chi connectivity index (χ0) is 12.5. The monoisotopic (exact) mass is 240 g/mol. The van der Waals surface area contributed by atoms with Gasteiger partial charge in [-0.25, -0.2) is 9.97 Å². The maximum Gasteiger partial charge on any atom is 0.159 e. The quantitative estimate of drug-likeness (QED) is 0.829. The molecule has 1 aliphatic carbocycles. The molecule has 1 unspecified atom stereocenters. The fourth-order valence-corrected chi connectivity index (χ4v) is 2.44. The van der Waals surface area contributed by atoms with Gasteiger partial charge in [-0.3, -0.25) is 4.98 Å². The first-order valence-corrected chi connectivity index (χ1v) is 6.28. The van der Waals surface area contributed by atoms with Gasteiger partial charge < -0.3 is 5.73 Å². The molecular weight excluding hydrogens is 224 g/mol. The highest BCUT2D eigenvalue weighted by atomic mass is 14.9. The van der Waals surface area contributed by atoms with Crippen LogP contribution >= 0.6 is 0 Å². The van der Waals surface area contributed by atoms with Crippen LogP contribution in [0.3, 0.4) is 0 Å². The molecule has 0 saturated heterocycles. The van der Waals surface area contributed by atoms with E-state index in [1.165, 1.54) is 0 Å². The summed E-state index contributed by atoms with van der Waals surface area (Å²) in [5, 5.41) is 0. The Morgan fingerprint density at radius 2 is 2.22 bits per heavy atom. The number of aromatic nitrogens is 3. The molecule has 0 spiro atoms. The number of pyridine rings is 1. The van der Waals surface area contributed by atoms with E-state index < -0.39 is 0 Å². The summed E-state index contributed by atoms with van der Waals surface area (Å²) in [6.45, 7) is 2.02. The summed E-state index contributed by atoms with van der Waals surface area (Å²) in [5.74, 6) is 0.780. The molecule has 2 aromatic heterocycles. The molecule has 4 heteroatoms. The first kappa shape index (κ1) is 11.3. The lowest BCUT2D eigenvalue weighted by Gasteiger charge is -2.21. The van der Waals surface area contributed by atoms with Crippen molar-refractivity contribution in [1.29, 1.82) is 0 Å². The number of aryl methyl sites for hydroxylation is 2. The third-order valence-corrected chi connectivity index (χ3v) is 3.49. The molecule has 0 aliphatic heterocycles. The van der Waals surface area contributed by atoms with Gasteiger partial charge in [-0.2, -0.15) is 0 Å². The van der Waals surface area contributed by atoms with Crippen LogP contribution in [0.4, 0.5) is 0 Å². The Kier molecular flexibility index (Phi) is 2.80. The number of hydrogen-bond acceptors (Lipinski definition) is 4. The molecule has 0 saturated carbocycles. The highest BCUT2D eigenvalue weighted by molar-refractivity contribution is 5.59. The van der Waals surface area contributed by atoms with Crippen LogP contribution in [0.15, 0.2) is 24.7 Å². The molecule has 0 fully saturated rings. The van der Waals surface area contributed by atoms with Gasteiger partial charge in [-0.15, -0.1) is 0 Å². The zero-order valence-corrected chi connectivity index (χ0v) is 10.4. The molecule has 0 bridgehead atoms. The summed E-state index contributed by atoms with van der Waals surface area (Å²) in [5.41, 5.74) is 10.4. The number of nitrogens with two attached hydrogens (primary N) is 1. The largest absolute Gasteiger partial charge is 0.324 e. The van der Waals surface area contributed by atoms with Crippen molar-refractivity contribution in [2.75, 3.05) is 0 Å². The molecular formula is C14H16N4. The van der Waals surface area contributed by atoms with Gasteiger partial charge in [0, 0.05) is 41.5 Å². The molecule has 18 heavy (non-hydrogen) atoms. The van der Waals surface area contributed by atoms with Crippen LogP contribution in [0.5, 0.6) is 0 Å². The van der Waals surface area contributed by atoms with E-state index >= 15 is 0 Å². The predicted octanol–water partition coefficient (Wildman–Crippen LogP) is 2.18. The highest BCUT2D eigenvalue weighted by Gasteiger charge is 2.19. The third kappa shape index (κ3) is 1.88. The van der Waals surface area contributed by atoms with E-state index in [0.29, 0.717) is 0 Å². The van der Waals surface area contributed by atoms with Crippen LogP contribution in [0, 0.1) is 6.92 Å². The van der Waals surface area contributed by atoms with E-state index in [9.17, 15) is 0 Å². The van der Waals surface area contributed by atoms with Crippen LogP contribution in [-0.2, 0) is 6.42 Å². The minimum atomic E-state index is 0.0985. The van der Waals surface area contributed by atoms with Crippen molar-refractivity contribution in [2.24, 2.45) is 5.73 Å². The second-order valence-electron chi connectivity index (χ2n) is 4.78. The summed E-state index contributed by atoms with van der Waals surface area (Å²) < 4.78 is 0. The van der Waals surface area contributed by atoms with Crippen LogP contribution in [0.1, 0.15) is 35.7 Å². The van der Waals surface area contributed by atoms with E-state index in [0.717, 1.165) is 47.5 Å². The van der Waals surface area contributed by atoms with Gasteiger partial charge in [0.15, 0.2) is 5.82 Å². The standard InChI is InChI=1S/C14H16N4/c1-9-7-16-6-5-10(9)14-17-8-11-12(15)3-2-4-13(11)18-14/h5-8,12H,2-4,15H2,1H3. The van der Waals surface area contributed by atoms with Gasteiger partial charge in [0.25, 0.3) is 0 Å². The van der Waals surface area contributed by atoms with Crippen LogP contribution in [0.2, 0.25) is 0 Å². The highest BCUT2D eigenvalue weighted by Crippen LogP contribution is 2.28. The lowest BCUT2D eigenvalue weighted by molar-refractivity contribution is 0.557. The third-order valence-electron chi connectivity index (χ3n) is 3.49. The number of hydrogen-bond donors (Lipinski definition) is 1. The molecule has 92 valence electrons. The fraction of sp³-hybridized carbons (Fsp3) is 0.357. The normalized spacial score (nSPS) is 18.4. The van der Waals surface area contributed by atoms with Crippen LogP contribution in [0.25, 0.3) is 11.4 Å². The predicted molar refractivity (Wildman–Crippen MR) is 69.9 cm³/mol. The van der Waals surface area contributed by atoms with Crippen molar-refractivity contribution in [3.05, 3.63) is 41.5 Å². The number of nitrogens with zero attached hydrogens (tertiary/aromatic N) is 3. The zero-order valence-electron chi connectivity index (χ0n) is 10.4. The smallest absolute Gasteiger partial charge is 0.159 e. The van der Waals surface area contributed by atoms with E-state index in [1.54, 1.807) is 6.20 Å². The minimum absolute atomic E-state index is 0.0985. The molecule has 3 rings (SSSR count). The van der Waals surface area contributed by atoms with Gasteiger partial charge in [-0.05, 0) is 37.8 Å². The first-order valence-electron chi connectivity index (χ1n) is 6.28. The van der Waals surface area contributed by atoms with Gasteiger partial charge in [0.05, 0.1) is 0 Å². The molecule has 4 nitrogen and oxygen atoms in total. The SMILES string of the molecule is Cc1cnccc1-c1ncc2c(n1)CCCC2N. The molecule has 0 amide bonds. The Morgan fingerprint density at radius 1 is 1.33 bits per heavy atom. The average molecular weight is 240 g/mol. The topological polar surface area (TPSA) is 64.7 Å². The molecule has 0 aromatic carbocycles. The molecule has 0 radical (unpaired) electrons. The van der Waals surface area contributed by atoms with E-state index in [-0.39, 0.29) is 6.04 Å². The molecule has 2 N–H and O–H groups in total. The van der Waals surface area contributed by atoms with Crippen LogP contribution in [-0.4, -0.2) is 15.0 Å². The van der Waals surface area contributed by atoms with Gasteiger partial charge >= 0.3 is 0 Å². The lowest BCUT2D eigenvalue weighted by atomic mass is 9.93. The fourth-order valence-electron chi connectivity index (χ4n) is 2.44. The molecule has 2 aromatic rings. The average Bonchev–Trinajstić information content (AvgIpc) is 2.39. The van der Waals surface area contributed by atoms with E-state index in [1.807, 2.05) is 25.4 Å². The molecule has 1 atom stereocenters. The number of fused-ring (bicyclic) bond motifs is 1. The van der Waals surface area contributed by atoms with Crippen molar-refractivity contribution in [3.63, 3.8) is 0 Å². The second kappa shape index (κ2) is 4.46. The van der Waals surface area contributed by atoms with E-state index in [2.05, 4.69) is 15.0 Å². The summed E-state index contributed by atoms with van der Waals surface area (Å²) >= 11 is 0. The Balaban J connectivity index is 2.08. The number of rotatable bonds is 1. The Hall–Kier alpha value is -1.81. The first-order chi connectivity index (χ1) is 8.75. The Morgan fingerprint density at radius 3 is 3.06 bits per heavy atom. The van der Waals surface area contributed by atoms with Crippen LogP contribution < -0.4 is 5.73 Å². The van der Waals surface area contributed by atoms with Crippen molar-refractivity contribution < 1.29 is 0 Å². The summed E-state index contributed by atoms with van der Waals surface area (Å²) in [6, 6.07) is 2.06. The summed E-state index contributed by atoms with van der Waals surface area (Å²) in [7, 11) is 0. The molecule has 1 aliphatic rings. The maximum atomic E-state index is 6.08. The Bertz CT molecular complexity index is 580. The van der Waals surface area contributed by atoms with E-state index in [4.69, 9.17) is 5.73 Å². The van der Waals surface area contributed by atoms with Crippen molar-refractivity contribution in [2.45, 2.75) is 32.2 Å².